The Morgan fingerprint density at radius 1 is 1.33 bits per heavy atom. The van der Waals surface area contributed by atoms with E-state index in [1.54, 1.807) is 23.5 Å². The third-order valence-electron chi connectivity index (χ3n) is 2.34. The Morgan fingerprint density at radius 3 is 2.83 bits per heavy atom. The smallest absolute Gasteiger partial charge is 0.254 e. The Hall–Kier alpha value is -1.10. The molecule has 0 spiro atoms. The van der Waals surface area contributed by atoms with E-state index in [4.69, 9.17) is 23.2 Å². The fraction of sp³-hybridized carbons (Fsp3) is 0.167. The number of hydrogen-bond donors (Lipinski definition) is 1. The van der Waals surface area contributed by atoms with Gasteiger partial charge in [-0.1, -0.05) is 23.2 Å². The molecule has 0 fully saturated rings. The topological polar surface area (TPSA) is 42.0 Å². The minimum atomic E-state index is -0.237. The number of pyridine rings is 1. The van der Waals surface area contributed by atoms with Gasteiger partial charge in [-0.15, -0.1) is 0 Å². The van der Waals surface area contributed by atoms with Crippen LogP contribution in [0.15, 0.2) is 29.0 Å². The van der Waals surface area contributed by atoms with Crippen LogP contribution >= 0.6 is 34.5 Å². The molecule has 94 valence electrons. The zero-order valence-electron chi connectivity index (χ0n) is 9.32. The minimum absolute atomic E-state index is 0.121. The molecule has 2 rings (SSSR count). The molecular weight excluding hydrogens is 291 g/mol. The molecule has 18 heavy (non-hydrogen) atoms. The summed E-state index contributed by atoms with van der Waals surface area (Å²) in [7, 11) is 0. The van der Waals surface area contributed by atoms with E-state index in [1.807, 2.05) is 11.4 Å². The number of nitrogens with one attached hydrogen (secondary N) is 1. The highest BCUT2D eigenvalue weighted by molar-refractivity contribution is 7.07. The zero-order chi connectivity index (χ0) is 13.0. The van der Waals surface area contributed by atoms with E-state index in [0.29, 0.717) is 12.1 Å². The van der Waals surface area contributed by atoms with E-state index < -0.39 is 0 Å². The lowest BCUT2D eigenvalue weighted by atomic mass is 10.2. The number of carbonyl (C=O) groups excluding carboxylic acids is 1. The first-order valence-corrected chi connectivity index (χ1v) is 6.98. The van der Waals surface area contributed by atoms with E-state index in [2.05, 4.69) is 15.7 Å². The number of carbonyl (C=O) groups is 1. The molecule has 0 radical (unpaired) electrons. The van der Waals surface area contributed by atoms with Crippen molar-refractivity contribution in [2.45, 2.75) is 6.42 Å². The summed E-state index contributed by atoms with van der Waals surface area (Å²) < 4.78 is 0. The summed E-state index contributed by atoms with van der Waals surface area (Å²) in [6.45, 7) is 0.564. The van der Waals surface area contributed by atoms with Crippen LogP contribution in [-0.2, 0) is 6.42 Å². The van der Waals surface area contributed by atoms with Crippen LogP contribution in [0.5, 0.6) is 0 Å². The number of amides is 1. The zero-order valence-corrected chi connectivity index (χ0v) is 11.6. The van der Waals surface area contributed by atoms with Crippen LogP contribution in [0.2, 0.25) is 10.3 Å². The van der Waals surface area contributed by atoms with Gasteiger partial charge in [0.2, 0.25) is 0 Å². The Balaban J connectivity index is 1.91. The van der Waals surface area contributed by atoms with Crippen LogP contribution in [0, 0.1) is 0 Å². The molecule has 0 bridgehead atoms. The lowest BCUT2D eigenvalue weighted by molar-refractivity contribution is 0.0954. The molecule has 0 aromatic carbocycles. The monoisotopic (exact) mass is 300 g/mol. The van der Waals surface area contributed by atoms with Crippen LogP contribution in [0.3, 0.4) is 0 Å². The highest BCUT2D eigenvalue weighted by Crippen LogP contribution is 2.16. The van der Waals surface area contributed by atoms with Crippen molar-refractivity contribution in [3.05, 3.63) is 50.4 Å². The second kappa shape index (κ2) is 6.18. The maximum absolute atomic E-state index is 11.8. The molecule has 0 atom stereocenters. The number of aromatic nitrogens is 1. The number of hydrogen-bond acceptors (Lipinski definition) is 3. The van der Waals surface area contributed by atoms with Gasteiger partial charge in [0, 0.05) is 6.54 Å². The molecule has 1 amide bonds. The predicted molar refractivity (Wildman–Crippen MR) is 74.6 cm³/mol. The summed E-state index contributed by atoms with van der Waals surface area (Å²) >= 11 is 13.2. The van der Waals surface area contributed by atoms with Gasteiger partial charge >= 0.3 is 0 Å². The first-order valence-electron chi connectivity index (χ1n) is 5.28. The molecule has 0 saturated heterocycles. The standard InChI is InChI=1S/C12H10Cl2N2OS/c13-10-2-1-9(11(14)16-10)12(17)15-5-3-8-4-6-18-7-8/h1-2,4,6-7H,3,5H2,(H,15,17). The maximum atomic E-state index is 11.8. The molecule has 0 saturated carbocycles. The molecule has 2 aromatic heterocycles. The van der Waals surface area contributed by atoms with Gasteiger partial charge in [-0.25, -0.2) is 4.98 Å². The third-order valence-corrected chi connectivity index (χ3v) is 3.57. The fourth-order valence-corrected chi connectivity index (χ4v) is 2.57. The number of rotatable bonds is 4. The molecule has 3 nitrogen and oxygen atoms in total. The Morgan fingerprint density at radius 2 is 2.17 bits per heavy atom. The van der Waals surface area contributed by atoms with Gasteiger partial charge in [-0.3, -0.25) is 4.79 Å². The van der Waals surface area contributed by atoms with Gasteiger partial charge in [0.05, 0.1) is 5.56 Å². The van der Waals surface area contributed by atoms with Crippen molar-refractivity contribution in [2.75, 3.05) is 6.54 Å². The van der Waals surface area contributed by atoms with Gasteiger partial charge in [0.25, 0.3) is 5.91 Å². The highest BCUT2D eigenvalue weighted by Gasteiger charge is 2.11. The van der Waals surface area contributed by atoms with Crippen molar-refractivity contribution in [2.24, 2.45) is 0 Å². The number of nitrogens with zero attached hydrogens (tertiary/aromatic N) is 1. The molecule has 0 aliphatic heterocycles. The summed E-state index contributed by atoms with van der Waals surface area (Å²) in [5.74, 6) is -0.237. The van der Waals surface area contributed by atoms with E-state index >= 15 is 0 Å². The normalized spacial score (nSPS) is 10.3. The van der Waals surface area contributed by atoms with Gasteiger partial charge in [-0.2, -0.15) is 11.3 Å². The molecule has 1 N–H and O–H groups in total. The summed E-state index contributed by atoms with van der Waals surface area (Å²) in [4.78, 5) is 15.7. The minimum Gasteiger partial charge on any atom is -0.352 e. The molecule has 0 aliphatic rings. The van der Waals surface area contributed by atoms with Crippen LogP contribution < -0.4 is 5.32 Å². The second-order valence-corrected chi connectivity index (χ2v) is 5.14. The van der Waals surface area contributed by atoms with Gasteiger partial charge in [-0.05, 0) is 40.9 Å². The van der Waals surface area contributed by atoms with E-state index in [9.17, 15) is 4.79 Å². The number of thiophene rings is 1. The molecule has 0 unspecified atom stereocenters. The fourth-order valence-electron chi connectivity index (χ4n) is 1.43. The average molecular weight is 301 g/mol. The predicted octanol–water partition coefficient (Wildman–Crippen LogP) is 3.42. The van der Waals surface area contributed by atoms with Crippen molar-refractivity contribution in [1.82, 2.24) is 10.3 Å². The molecule has 0 aliphatic carbocycles. The number of halogens is 2. The van der Waals surface area contributed by atoms with Crippen LogP contribution in [-0.4, -0.2) is 17.4 Å². The van der Waals surface area contributed by atoms with Crippen molar-refractivity contribution >= 4 is 40.4 Å². The van der Waals surface area contributed by atoms with Crippen molar-refractivity contribution in [3.8, 4) is 0 Å². The average Bonchev–Trinajstić information content (AvgIpc) is 2.81. The van der Waals surface area contributed by atoms with Crippen LogP contribution in [0.1, 0.15) is 15.9 Å². The van der Waals surface area contributed by atoms with Crippen molar-refractivity contribution in [3.63, 3.8) is 0 Å². The van der Waals surface area contributed by atoms with E-state index in [-0.39, 0.29) is 16.2 Å². The lowest BCUT2D eigenvalue weighted by Gasteiger charge is -2.05. The van der Waals surface area contributed by atoms with E-state index in [1.165, 1.54) is 5.56 Å². The summed E-state index contributed by atoms with van der Waals surface area (Å²) in [6, 6.07) is 5.15. The highest BCUT2D eigenvalue weighted by atomic mass is 35.5. The van der Waals surface area contributed by atoms with Crippen molar-refractivity contribution < 1.29 is 4.79 Å². The lowest BCUT2D eigenvalue weighted by Crippen LogP contribution is -2.26. The first-order chi connectivity index (χ1) is 8.66. The first kappa shape index (κ1) is 13.3. The van der Waals surface area contributed by atoms with Crippen LogP contribution in [0.25, 0.3) is 0 Å². The Bertz CT molecular complexity index is 543. The quantitative estimate of drug-likeness (QED) is 0.879. The molecule has 2 heterocycles. The summed E-state index contributed by atoms with van der Waals surface area (Å²) in [5, 5.41) is 7.26. The Kier molecular flexibility index (Phi) is 4.58. The van der Waals surface area contributed by atoms with E-state index in [0.717, 1.165) is 6.42 Å². The van der Waals surface area contributed by atoms with Crippen LogP contribution in [0.4, 0.5) is 0 Å². The van der Waals surface area contributed by atoms with Crippen molar-refractivity contribution in [1.29, 1.82) is 0 Å². The Labute approximate surface area is 119 Å². The summed E-state index contributed by atoms with van der Waals surface area (Å²) in [5.41, 5.74) is 1.55. The SMILES string of the molecule is O=C(NCCc1ccsc1)c1ccc(Cl)nc1Cl. The second-order valence-electron chi connectivity index (χ2n) is 3.61. The van der Waals surface area contributed by atoms with Gasteiger partial charge in [0.1, 0.15) is 10.3 Å². The summed E-state index contributed by atoms with van der Waals surface area (Å²) in [6.07, 6.45) is 0.799. The largest absolute Gasteiger partial charge is 0.352 e. The maximum Gasteiger partial charge on any atom is 0.254 e. The van der Waals surface area contributed by atoms with Gasteiger partial charge < -0.3 is 5.32 Å². The molecular formula is C12H10Cl2N2OS. The molecule has 6 heteroatoms. The third kappa shape index (κ3) is 3.45. The molecule has 2 aromatic rings. The van der Waals surface area contributed by atoms with Gasteiger partial charge in [0.15, 0.2) is 0 Å².